The van der Waals surface area contributed by atoms with Crippen molar-refractivity contribution < 1.29 is 9.90 Å². The van der Waals surface area contributed by atoms with Crippen molar-refractivity contribution in [2.24, 2.45) is 0 Å². The van der Waals surface area contributed by atoms with E-state index in [0.717, 1.165) is 15.6 Å². The highest BCUT2D eigenvalue weighted by molar-refractivity contribution is 9.10. The maximum Gasteiger partial charge on any atom is 0.317 e. The van der Waals surface area contributed by atoms with Crippen LogP contribution in [0.1, 0.15) is 17.2 Å². The number of amides is 2. The molecule has 0 saturated carbocycles. The summed E-state index contributed by atoms with van der Waals surface area (Å²) < 4.78 is 2.36. The van der Waals surface area contributed by atoms with Gasteiger partial charge in [0.2, 0.25) is 0 Å². The fourth-order valence-electron chi connectivity index (χ4n) is 2.48. The Morgan fingerprint density at radius 2 is 2.15 bits per heavy atom. The maximum atomic E-state index is 12.3. The molecular formula is C18H19BrN6O2. The van der Waals surface area contributed by atoms with Crippen LogP contribution in [0.5, 0.6) is 0 Å². The number of pyridine rings is 1. The number of aliphatic hydroxyl groups excluding tert-OH is 1. The Morgan fingerprint density at radius 3 is 2.81 bits per heavy atom. The number of halogens is 1. The van der Waals surface area contributed by atoms with Gasteiger partial charge in [-0.05, 0) is 23.3 Å². The number of nitrogens with one attached hydrogen (secondary N) is 1. The van der Waals surface area contributed by atoms with Crippen LogP contribution in [0.2, 0.25) is 0 Å². The third kappa shape index (κ3) is 4.89. The first-order valence-electron chi connectivity index (χ1n) is 8.26. The molecule has 0 saturated heterocycles. The standard InChI is InChI=1S/C18H19BrN6O2/c1-24(10-16(26)14-4-2-3-5-15(14)19)18(27)22-9-13-6-7-17(21-8-13)25-12-20-11-23-25/h2-8,11-12,16,26H,9-10H2,1H3,(H,22,27). The second kappa shape index (κ2) is 8.74. The van der Waals surface area contributed by atoms with Crippen molar-refractivity contribution in [3.63, 3.8) is 0 Å². The molecule has 9 heteroatoms. The third-order valence-electron chi connectivity index (χ3n) is 3.96. The molecule has 2 amide bonds. The molecule has 1 atom stereocenters. The monoisotopic (exact) mass is 430 g/mol. The van der Waals surface area contributed by atoms with Gasteiger partial charge in [-0.25, -0.2) is 19.4 Å². The minimum atomic E-state index is -0.778. The summed E-state index contributed by atoms with van der Waals surface area (Å²) in [6.45, 7) is 0.511. The molecule has 3 rings (SSSR count). The predicted octanol–water partition coefficient (Wildman–Crippen LogP) is 2.30. The Balaban J connectivity index is 1.52. The minimum Gasteiger partial charge on any atom is -0.387 e. The predicted molar refractivity (Wildman–Crippen MR) is 103 cm³/mol. The number of rotatable bonds is 6. The van der Waals surface area contributed by atoms with Crippen LogP contribution >= 0.6 is 15.9 Å². The van der Waals surface area contributed by atoms with E-state index in [1.54, 1.807) is 30.3 Å². The van der Waals surface area contributed by atoms with Gasteiger partial charge in [0.1, 0.15) is 12.7 Å². The third-order valence-corrected chi connectivity index (χ3v) is 4.69. The van der Waals surface area contributed by atoms with E-state index in [4.69, 9.17) is 0 Å². The van der Waals surface area contributed by atoms with Gasteiger partial charge in [0.15, 0.2) is 5.82 Å². The number of likely N-dealkylation sites (N-methyl/N-ethyl adjacent to an activating group) is 1. The van der Waals surface area contributed by atoms with Gasteiger partial charge in [-0.3, -0.25) is 0 Å². The van der Waals surface area contributed by atoms with E-state index in [-0.39, 0.29) is 12.6 Å². The number of aromatic nitrogens is 4. The number of benzene rings is 1. The minimum absolute atomic E-state index is 0.179. The number of hydrogen-bond acceptors (Lipinski definition) is 5. The van der Waals surface area contributed by atoms with Crippen LogP contribution in [-0.2, 0) is 6.54 Å². The lowest BCUT2D eigenvalue weighted by Crippen LogP contribution is -2.39. The van der Waals surface area contributed by atoms with Crippen LogP contribution in [0.15, 0.2) is 59.7 Å². The van der Waals surface area contributed by atoms with Gasteiger partial charge in [0.05, 0.1) is 12.6 Å². The molecule has 2 heterocycles. The molecule has 1 aromatic carbocycles. The van der Waals surface area contributed by atoms with Crippen molar-refractivity contribution >= 4 is 22.0 Å². The van der Waals surface area contributed by atoms with Crippen LogP contribution in [0, 0.1) is 0 Å². The summed E-state index contributed by atoms with van der Waals surface area (Å²) in [5.74, 6) is 0.649. The SMILES string of the molecule is CN(CC(O)c1ccccc1Br)C(=O)NCc1ccc(-n2cncn2)nc1. The molecule has 0 fully saturated rings. The van der Waals surface area contributed by atoms with Crippen LogP contribution < -0.4 is 5.32 Å². The summed E-state index contributed by atoms with van der Waals surface area (Å²) in [7, 11) is 1.64. The van der Waals surface area contributed by atoms with Gasteiger partial charge in [0.25, 0.3) is 0 Å². The molecule has 1 unspecified atom stereocenters. The maximum absolute atomic E-state index is 12.3. The molecule has 2 N–H and O–H groups in total. The van der Waals surface area contributed by atoms with Crippen molar-refractivity contribution in [1.82, 2.24) is 30.0 Å². The lowest BCUT2D eigenvalue weighted by Gasteiger charge is -2.22. The lowest BCUT2D eigenvalue weighted by atomic mass is 10.1. The number of carbonyl (C=O) groups is 1. The Hall–Kier alpha value is -2.78. The average molecular weight is 431 g/mol. The second-order valence-electron chi connectivity index (χ2n) is 5.94. The Kier molecular flexibility index (Phi) is 6.15. The van der Waals surface area contributed by atoms with Gasteiger partial charge in [-0.15, -0.1) is 0 Å². The number of nitrogens with zero attached hydrogens (tertiary/aromatic N) is 5. The Labute approximate surface area is 165 Å². The Morgan fingerprint density at radius 1 is 1.33 bits per heavy atom. The summed E-state index contributed by atoms with van der Waals surface area (Å²) in [4.78, 5) is 21.9. The molecule has 0 aliphatic carbocycles. The van der Waals surface area contributed by atoms with Gasteiger partial charge < -0.3 is 15.3 Å². The summed E-state index contributed by atoms with van der Waals surface area (Å²) in [5, 5.41) is 17.2. The Bertz CT molecular complexity index is 885. The molecule has 140 valence electrons. The normalized spacial score (nSPS) is 11.8. The molecule has 0 bridgehead atoms. The smallest absolute Gasteiger partial charge is 0.317 e. The van der Waals surface area contributed by atoms with Gasteiger partial charge >= 0.3 is 6.03 Å². The first-order chi connectivity index (χ1) is 13.0. The largest absolute Gasteiger partial charge is 0.387 e. The van der Waals surface area contributed by atoms with Crippen LogP contribution in [0.4, 0.5) is 4.79 Å². The van der Waals surface area contributed by atoms with Crippen molar-refractivity contribution in [1.29, 1.82) is 0 Å². The van der Waals surface area contributed by atoms with E-state index in [9.17, 15) is 9.90 Å². The van der Waals surface area contributed by atoms with E-state index in [0.29, 0.717) is 12.4 Å². The molecule has 0 aliphatic heterocycles. The molecule has 3 aromatic rings. The van der Waals surface area contributed by atoms with E-state index in [1.165, 1.54) is 11.2 Å². The van der Waals surface area contributed by atoms with E-state index in [2.05, 4.69) is 36.3 Å². The van der Waals surface area contributed by atoms with Crippen molar-refractivity contribution in [2.45, 2.75) is 12.6 Å². The number of carbonyl (C=O) groups excluding carboxylic acids is 1. The zero-order chi connectivity index (χ0) is 19.2. The highest BCUT2D eigenvalue weighted by Crippen LogP contribution is 2.23. The van der Waals surface area contributed by atoms with Crippen molar-refractivity contribution in [3.8, 4) is 5.82 Å². The quantitative estimate of drug-likeness (QED) is 0.625. The van der Waals surface area contributed by atoms with Gasteiger partial charge in [0, 0.05) is 24.3 Å². The van der Waals surface area contributed by atoms with Crippen LogP contribution in [-0.4, -0.2) is 49.4 Å². The summed E-state index contributed by atoms with van der Waals surface area (Å²) in [5.41, 5.74) is 1.59. The van der Waals surface area contributed by atoms with Gasteiger partial charge in [-0.2, -0.15) is 5.10 Å². The second-order valence-corrected chi connectivity index (χ2v) is 6.80. The molecule has 8 nitrogen and oxygen atoms in total. The topological polar surface area (TPSA) is 96.2 Å². The summed E-state index contributed by atoms with van der Waals surface area (Å²) in [6, 6.07) is 10.8. The zero-order valence-electron chi connectivity index (χ0n) is 14.7. The molecule has 2 aromatic heterocycles. The fraction of sp³-hybridized carbons (Fsp3) is 0.222. The number of aliphatic hydroxyl groups is 1. The first kappa shape index (κ1) is 19.0. The lowest BCUT2D eigenvalue weighted by molar-refractivity contribution is 0.131. The molecule has 0 radical (unpaired) electrons. The fourth-order valence-corrected chi connectivity index (χ4v) is 3.03. The molecule has 27 heavy (non-hydrogen) atoms. The highest BCUT2D eigenvalue weighted by Gasteiger charge is 2.16. The van der Waals surface area contributed by atoms with Crippen molar-refractivity contribution in [3.05, 3.63) is 70.8 Å². The highest BCUT2D eigenvalue weighted by atomic mass is 79.9. The zero-order valence-corrected chi connectivity index (χ0v) is 16.2. The van der Waals surface area contributed by atoms with Crippen LogP contribution in [0.25, 0.3) is 5.82 Å². The van der Waals surface area contributed by atoms with Gasteiger partial charge in [-0.1, -0.05) is 40.2 Å². The van der Waals surface area contributed by atoms with E-state index >= 15 is 0 Å². The van der Waals surface area contributed by atoms with E-state index < -0.39 is 6.10 Å². The first-order valence-corrected chi connectivity index (χ1v) is 9.05. The molecular weight excluding hydrogens is 412 g/mol. The van der Waals surface area contributed by atoms with Crippen LogP contribution in [0.3, 0.4) is 0 Å². The summed E-state index contributed by atoms with van der Waals surface area (Å²) in [6.07, 6.45) is 3.90. The van der Waals surface area contributed by atoms with Crippen molar-refractivity contribution in [2.75, 3.05) is 13.6 Å². The number of urea groups is 1. The number of hydrogen-bond donors (Lipinski definition) is 2. The molecule has 0 spiro atoms. The average Bonchev–Trinajstić information content (AvgIpc) is 3.21. The molecule has 0 aliphatic rings. The van der Waals surface area contributed by atoms with E-state index in [1.807, 2.05) is 30.3 Å². The summed E-state index contributed by atoms with van der Waals surface area (Å²) >= 11 is 3.41.